The van der Waals surface area contributed by atoms with E-state index in [1.807, 2.05) is 6.07 Å². The van der Waals surface area contributed by atoms with Gasteiger partial charge in [-0.1, -0.05) is 12.8 Å². The van der Waals surface area contributed by atoms with E-state index in [1.165, 1.54) is 18.9 Å². The molecule has 0 radical (unpaired) electrons. The highest BCUT2D eigenvalue weighted by Crippen LogP contribution is 2.35. The van der Waals surface area contributed by atoms with Gasteiger partial charge in [-0.05, 0) is 57.0 Å². The Labute approximate surface area is 205 Å². The lowest BCUT2D eigenvalue weighted by molar-refractivity contribution is 0.0815. The van der Waals surface area contributed by atoms with Crippen molar-refractivity contribution in [3.8, 4) is 5.75 Å². The predicted octanol–water partition coefficient (Wildman–Crippen LogP) is 4.61. The van der Waals surface area contributed by atoms with Crippen molar-refractivity contribution >= 4 is 28.6 Å². The molecule has 3 aromatic rings. The van der Waals surface area contributed by atoms with E-state index >= 15 is 0 Å². The van der Waals surface area contributed by atoms with E-state index in [0.717, 1.165) is 56.4 Å². The van der Waals surface area contributed by atoms with Gasteiger partial charge in [-0.3, -0.25) is 9.69 Å². The monoisotopic (exact) mass is 480 g/mol. The van der Waals surface area contributed by atoms with Crippen LogP contribution in [-0.2, 0) is 0 Å². The van der Waals surface area contributed by atoms with Crippen LogP contribution in [0.4, 0.5) is 16.0 Å². The molecule has 1 saturated carbocycles. The summed E-state index contributed by atoms with van der Waals surface area (Å²) in [5.41, 5.74) is 1.89. The lowest BCUT2D eigenvalue weighted by atomic mass is 10.2. The minimum atomic E-state index is -0.425. The number of nitrogens with zero attached hydrogens (tertiary/aromatic N) is 5. The van der Waals surface area contributed by atoms with Gasteiger partial charge in [-0.2, -0.15) is 4.98 Å². The van der Waals surface area contributed by atoms with Crippen molar-refractivity contribution in [2.75, 3.05) is 45.7 Å². The van der Waals surface area contributed by atoms with Crippen LogP contribution in [0.1, 0.15) is 55.1 Å². The molecule has 0 bridgehead atoms. The molecule has 3 heterocycles. The van der Waals surface area contributed by atoms with Gasteiger partial charge in [-0.25, -0.2) is 9.37 Å². The first-order chi connectivity index (χ1) is 17.0. The molecule has 1 aliphatic carbocycles. The lowest BCUT2D eigenvalue weighted by Gasteiger charge is -2.19. The van der Waals surface area contributed by atoms with Crippen molar-refractivity contribution < 1.29 is 13.9 Å². The van der Waals surface area contributed by atoms with Crippen LogP contribution >= 0.6 is 0 Å². The summed E-state index contributed by atoms with van der Waals surface area (Å²) in [6.07, 6.45) is 8.49. The van der Waals surface area contributed by atoms with Gasteiger partial charge in [-0.15, -0.1) is 0 Å². The summed E-state index contributed by atoms with van der Waals surface area (Å²) in [5, 5.41) is 3.93. The third kappa shape index (κ3) is 5.10. The summed E-state index contributed by atoms with van der Waals surface area (Å²) in [7, 11) is 3.51. The highest BCUT2D eigenvalue weighted by Gasteiger charge is 2.26. The standard InChI is InChI=1S/C26H33FN6O2/c1-31(2)25(34)22-15-18-17-28-26(30-24(18)33(22)20-7-3-4-8-20)29-19-9-10-23(21(27)16-19)35-14-13-32-11-5-6-12-32/h9-10,15-17,20H,3-8,11-14H2,1-2H3,(H,28,29,30). The topological polar surface area (TPSA) is 75.5 Å². The first-order valence-electron chi connectivity index (χ1n) is 12.5. The number of halogens is 1. The number of aromatic nitrogens is 3. The number of ether oxygens (including phenoxy) is 1. The van der Waals surface area contributed by atoms with E-state index in [2.05, 4.69) is 19.8 Å². The Bertz CT molecular complexity index is 1200. The molecule has 1 aromatic carbocycles. The quantitative estimate of drug-likeness (QED) is 0.508. The van der Waals surface area contributed by atoms with E-state index < -0.39 is 5.82 Å². The molecule has 0 spiro atoms. The number of benzene rings is 1. The lowest BCUT2D eigenvalue weighted by Crippen LogP contribution is -2.25. The van der Waals surface area contributed by atoms with Crippen molar-refractivity contribution in [2.45, 2.75) is 44.6 Å². The number of rotatable bonds is 8. The fourth-order valence-electron chi connectivity index (χ4n) is 5.11. The summed E-state index contributed by atoms with van der Waals surface area (Å²) >= 11 is 0. The SMILES string of the molecule is CN(C)C(=O)c1cc2cnc(Nc3ccc(OCCN4CCCC4)c(F)c3)nc2n1C1CCCC1. The molecule has 9 heteroatoms. The van der Waals surface area contributed by atoms with Gasteiger partial charge in [0.1, 0.15) is 17.9 Å². The molecule has 2 aliphatic rings. The molecule has 1 amide bonds. The number of anilines is 2. The number of likely N-dealkylation sites (tertiary alicyclic amines) is 1. The average molecular weight is 481 g/mol. The molecule has 2 aromatic heterocycles. The Morgan fingerprint density at radius 2 is 1.94 bits per heavy atom. The van der Waals surface area contributed by atoms with Crippen LogP contribution in [0.15, 0.2) is 30.5 Å². The Morgan fingerprint density at radius 1 is 1.17 bits per heavy atom. The number of carbonyl (C=O) groups excluding carboxylic acids is 1. The summed E-state index contributed by atoms with van der Waals surface area (Å²) in [6, 6.07) is 6.90. The number of hydrogen-bond acceptors (Lipinski definition) is 6. The molecule has 1 saturated heterocycles. The number of carbonyl (C=O) groups is 1. The Kier molecular flexibility index (Phi) is 6.86. The van der Waals surface area contributed by atoms with Crippen molar-refractivity contribution in [2.24, 2.45) is 0 Å². The maximum absolute atomic E-state index is 14.7. The molecule has 1 aliphatic heterocycles. The zero-order valence-electron chi connectivity index (χ0n) is 20.5. The van der Waals surface area contributed by atoms with Crippen LogP contribution in [0.2, 0.25) is 0 Å². The van der Waals surface area contributed by atoms with Gasteiger partial charge < -0.3 is 19.5 Å². The molecule has 0 unspecified atom stereocenters. The third-order valence-corrected chi connectivity index (χ3v) is 6.94. The van der Waals surface area contributed by atoms with E-state index in [4.69, 9.17) is 9.72 Å². The van der Waals surface area contributed by atoms with Crippen molar-refractivity contribution in [3.05, 3.63) is 42.0 Å². The largest absolute Gasteiger partial charge is 0.489 e. The molecule has 2 fully saturated rings. The predicted molar refractivity (Wildman–Crippen MR) is 134 cm³/mol. The van der Waals surface area contributed by atoms with Gasteiger partial charge in [0, 0.05) is 50.0 Å². The molecule has 186 valence electrons. The fourth-order valence-corrected chi connectivity index (χ4v) is 5.11. The minimum absolute atomic E-state index is 0.0493. The fraction of sp³-hybridized carbons (Fsp3) is 0.500. The zero-order chi connectivity index (χ0) is 24.4. The molecule has 5 rings (SSSR count). The first-order valence-corrected chi connectivity index (χ1v) is 12.5. The van der Waals surface area contributed by atoms with Crippen molar-refractivity contribution in [1.82, 2.24) is 24.3 Å². The summed E-state index contributed by atoms with van der Waals surface area (Å²) in [6.45, 7) is 3.46. The number of fused-ring (bicyclic) bond motifs is 1. The van der Waals surface area contributed by atoms with Crippen LogP contribution in [0.25, 0.3) is 11.0 Å². The van der Waals surface area contributed by atoms with E-state index in [-0.39, 0.29) is 17.7 Å². The molecular formula is C26H33FN6O2. The van der Waals surface area contributed by atoms with Gasteiger partial charge in [0.25, 0.3) is 5.91 Å². The molecule has 35 heavy (non-hydrogen) atoms. The molecule has 1 N–H and O–H groups in total. The van der Waals surface area contributed by atoms with Crippen LogP contribution in [0.5, 0.6) is 5.75 Å². The van der Waals surface area contributed by atoms with Crippen LogP contribution in [0, 0.1) is 5.82 Å². The second-order valence-corrected chi connectivity index (χ2v) is 9.68. The smallest absolute Gasteiger partial charge is 0.270 e. The summed E-state index contributed by atoms with van der Waals surface area (Å²) < 4.78 is 22.4. The summed E-state index contributed by atoms with van der Waals surface area (Å²) in [5.74, 6) is 0.131. The molecule has 0 atom stereocenters. The van der Waals surface area contributed by atoms with E-state index in [1.54, 1.807) is 37.3 Å². The normalized spacial score (nSPS) is 16.8. The highest BCUT2D eigenvalue weighted by molar-refractivity contribution is 5.97. The van der Waals surface area contributed by atoms with Crippen LogP contribution in [0.3, 0.4) is 0 Å². The Balaban J connectivity index is 1.34. The maximum atomic E-state index is 14.7. The first kappa shape index (κ1) is 23.5. The van der Waals surface area contributed by atoms with E-state index in [0.29, 0.717) is 23.9 Å². The van der Waals surface area contributed by atoms with Gasteiger partial charge in [0.2, 0.25) is 5.95 Å². The van der Waals surface area contributed by atoms with Crippen LogP contribution in [-0.4, -0.2) is 70.6 Å². The second kappa shape index (κ2) is 10.2. The van der Waals surface area contributed by atoms with Crippen LogP contribution < -0.4 is 10.1 Å². The van der Waals surface area contributed by atoms with Crippen molar-refractivity contribution in [3.63, 3.8) is 0 Å². The molecule has 8 nitrogen and oxygen atoms in total. The van der Waals surface area contributed by atoms with Gasteiger partial charge in [0.05, 0.1) is 0 Å². The molecular weight excluding hydrogens is 447 g/mol. The number of hydrogen-bond donors (Lipinski definition) is 1. The average Bonchev–Trinajstić information content (AvgIpc) is 3.60. The third-order valence-electron chi connectivity index (χ3n) is 6.94. The summed E-state index contributed by atoms with van der Waals surface area (Å²) in [4.78, 5) is 25.9. The highest BCUT2D eigenvalue weighted by atomic mass is 19.1. The Morgan fingerprint density at radius 3 is 2.66 bits per heavy atom. The maximum Gasteiger partial charge on any atom is 0.270 e. The van der Waals surface area contributed by atoms with Gasteiger partial charge >= 0.3 is 0 Å². The number of amides is 1. The van der Waals surface area contributed by atoms with Crippen molar-refractivity contribution in [1.29, 1.82) is 0 Å². The zero-order valence-corrected chi connectivity index (χ0v) is 20.5. The minimum Gasteiger partial charge on any atom is -0.489 e. The second-order valence-electron chi connectivity index (χ2n) is 9.68. The number of nitrogens with one attached hydrogen (secondary N) is 1. The Hall–Kier alpha value is -3.20. The van der Waals surface area contributed by atoms with Gasteiger partial charge in [0.15, 0.2) is 11.6 Å². The van der Waals surface area contributed by atoms with E-state index in [9.17, 15) is 9.18 Å².